The van der Waals surface area contributed by atoms with E-state index in [1.165, 1.54) is 43.1 Å². The van der Waals surface area contributed by atoms with Crippen molar-refractivity contribution in [2.75, 3.05) is 30.5 Å². The first kappa shape index (κ1) is 41.8. The van der Waals surface area contributed by atoms with Crippen LogP contribution in [-0.4, -0.2) is 46.5 Å². The normalized spacial score (nSPS) is 32.2. The average molecular weight is 837 g/mol. The zero-order valence-electron chi connectivity index (χ0n) is 32.8. The van der Waals surface area contributed by atoms with Crippen LogP contribution < -0.4 is 9.80 Å². The Bertz CT molecular complexity index is 1530. The SMILES string of the molecule is CN1c2ccccc2C2C1C1C=CC=CC1C2[Si](C)(CCCCCCOC(C)(C)C)C1C2C=CC=CC2C2C1c1ccccc1N2C.[CH3-].[CH3-].[Cl][Zr+2][Cl]. The Morgan fingerprint density at radius 3 is 1.50 bits per heavy atom. The summed E-state index contributed by atoms with van der Waals surface area (Å²) in [5, 5.41) is 0. The maximum atomic E-state index is 6.11. The number of hydrogen-bond donors (Lipinski definition) is 0. The second kappa shape index (κ2) is 17.2. The fraction of sp³-hybridized carbons (Fsp3) is 0.511. The van der Waals surface area contributed by atoms with Crippen molar-refractivity contribution in [1.82, 2.24) is 0 Å². The molecule has 0 aromatic heterocycles. The molecule has 0 saturated heterocycles. The third-order valence-corrected chi connectivity index (χ3v) is 19.5. The number of hydrogen-bond acceptors (Lipinski definition) is 3. The third kappa shape index (κ3) is 7.34. The molecule has 7 heteroatoms. The van der Waals surface area contributed by atoms with E-state index in [0.717, 1.165) is 17.7 Å². The number of allylic oxidation sites excluding steroid dienone is 6. The Morgan fingerprint density at radius 2 is 1.06 bits per heavy atom. The zero-order valence-corrected chi connectivity index (χ0v) is 37.8. The standard InChI is InChI=1S/C43H56N2OSi.2CH3.2ClH.Zr/c1-43(2,3)46-27-17-7-8-18-28-47(6,41-31-21-11-9-19-29(31)39-37(41)33-23-13-15-25-35(33)44(39)4)42-32-22-12-10-20-30(32)40-38(42)34-24-14-16-26-36(34)45(40)5;;;;;/h9-16,19-26,29-32,37-42H,7-8,17-18,27-28H2,1-6H3;2*1H3;2*1H;/q;2*-1;;;+4/p-2. The van der Waals surface area contributed by atoms with Gasteiger partial charge < -0.3 is 29.4 Å². The van der Waals surface area contributed by atoms with Gasteiger partial charge in [0.25, 0.3) is 0 Å². The predicted octanol–water partition coefficient (Wildman–Crippen LogP) is 12.4. The molecule has 2 aliphatic heterocycles. The van der Waals surface area contributed by atoms with E-state index in [1.54, 1.807) is 11.1 Å². The first-order valence-corrected chi connectivity index (χ1v) is 28.3. The van der Waals surface area contributed by atoms with E-state index < -0.39 is 28.9 Å². The predicted molar refractivity (Wildman–Crippen MR) is 226 cm³/mol. The molecule has 0 spiro atoms. The van der Waals surface area contributed by atoms with Crippen molar-refractivity contribution < 1.29 is 25.6 Å². The van der Waals surface area contributed by atoms with E-state index >= 15 is 0 Å². The van der Waals surface area contributed by atoms with Crippen LogP contribution in [0.15, 0.2) is 97.1 Å². The molecule has 2 fully saturated rings. The number of ether oxygens (including phenoxy) is 1. The molecule has 2 aromatic rings. The summed E-state index contributed by atoms with van der Waals surface area (Å²) in [7, 11) is 12.6. The van der Waals surface area contributed by atoms with Crippen molar-refractivity contribution in [2.24, 2.45) is 23.7 Å². The van der Waals surface area contributed by atoms with Crippen LogP contribution in [0.4, 0.5) is 11.4 Å². The van der Waals surface area contributed by atoms with E-state index in [9.17, 15) is 0 Å². The fourth-order valence-corrected chi connectivity index (χ4v) is 18.9. The van der Waals surface area contributed by atoms with Gasteiger partial charge >= 0.3 is 37.9 Å². The first-order valence-electron chi connectivity index (χ1n) is 19.1. The van der Waals surface area contributed by atoms with Crippen LogP contribution >= 0.6 is 17.0 Å². The molecule has 0 N–H and O–H groups in total. The molecule has 2 heterocycles. The summed E-state index contributed by atoms with van der Waals surface area (Å²) in [6.07, 6.45) is 25.1. The summed E-state index contributed by atoms with van der Waals surface area (Å²) in [6.45, 7) is 10.3. The van der Waals surface area contributed by atoms with E-state index in [1.807, 2.05) is 0 Å². The summed E-state index contributed by atoms with van der Waals surface area (Å²) in [6, 6.07) is 21.5. The quantitative estimate of drug-likeness (QED) is 0.142. The number of likely N-dealkylation sites (N-methyl/N-ethyl adjacent to an activating group) is 2. The minimum atomic E-state index is -2.02. The van der Waals surface area contributed by atoms with E-state index in [4.69, 9.17) is 21.8 Å². The molecule has 0 radical (unpaired) electrons. The molecular formula is C45H62Cl2N2OSiZr. The second-order valence-electron chi connectivity index (χ2n) is 17.0. The Hall–Kier alpha value is -1.36. The monoisotopic (exact) mass is 834 g/mol. The number of unbranched alkanes of at least 4 members (excludes halogenated alkanes) is 3. The molecular weight excluding hydrogens is 775 g/mol. The van der Waals surface area contributed by atoms with Gasteiger partial charge in [0.2, 0.25) is 0 Å². The molecule has 10 unspecified atom stereocenters. The van der Waals surface area contributed by atoms with Crippen molar-refractivity contribution >= 4 is 36.5 Å². The van der Waals surface area contributed by atoms with Crippen LogP contribution in [0.25, 0.3) is 0 Å². The Balaban J connectivity index is 0.00000101. The summed E-state index contributed by atoms with van der Waals surface area (Å²) < 4.78 is 6.11. The summed E-state index contributed by atoms with van der Waals surface area (Å²) in [5.74, 6) is 3.62. The van der Waals surface area contributed by atoms with Gasteiger partial charge in [-0.3, -0.25) is 0 Å². The summed E-state index contributed by atoms with van der Waals surface area (Å²) in [5.41, 5.74) is 7.62. The molecule has 0 amide bonds. The number of para-hydroxylation sites is 2. The number of nitrogens with zero attached hydrogens (tertiary/aromatic N) is 2. The van der Waals surface area contributed by atoms with Crippen LogP contribution in [0.5, 0.6) is 0 Å². The van der Waals surface area contributed by atoms with Crippen molar-refractivity contribution in [2.45, 2.75) is 99.6 Å². The average Bonchev–Trinajstić information content (AvgIpc) is 3.81. The third-order valence-electron chi connectivity index (χ3n) is 13.5. The van der Waals surface area contributed by atoms with Crippen LogP contribution in [0, 0.1) is 38.5 Å². The molecule has 8 rings (SSSR count). The van der Waals surface area contributed by atoms with Gasteiger partial charge in [-0.2, -0.15) is 0 Å². The minimum absolute atomic E-state index is 0. The first-order chi connectivity index (χ1) is 24.1. The van der Waals surface area contributed by atoms with Gasteiger partial charge in [0.1, 0.15) is 0 Å². The number of anilines is 2. The topological polar surface area (TPSA) is 15.7 Å². The maximum absolute atomic E-state index is 6.11. The van der Waals surface area contributed by atoms with Crippen molar-refractivity contribution in [1.29, 1.82) is 0 Å². The van der Waals surface area contributed by atoms with Gasteiger partial charge in [-0.15, -0.1) is 0 Å². The van der Waals surface area contributed by atoms with Gasteiger partial charge in [0.15, 0.2) is 0 Å². The van der Waals surface area contributed by atoms with Crippen molar-refractivity contribution in [3.8, 4) is 0 Å². The van der Waals surface area contributed by atoms with Crippen LogP contribution in [0.3, 0.4) is 0 Å². The fourth-order valence-electron chi connectivity index (χ4n) is 11.9. The summed E-state index contributed by atoms with van der Waals surface area (Å²) >= 11 is -0.826. The van der Waals surface area contributed by atoms with Crippen LogP contribution in [0.1, 0.15) is 69.4 Å². The summed E-state index contributed by atoms with van der Waals surface area (Å²) in [4.78, 5) is 5.38. The van der Waals surface area contributed by atoms with Crippen molar-refractivity contribution in [3.63, 3.8) is 0 Å². The van der Waals surface area contributed by atoms with E-state index in [2.05, 4.69) is 148 Å². The Morgan fingerprint density at radius 1 is 0.654 bits per heavy atom. The molecule has 2 aromatic carbocycles. The molecule has 6 aliphatic rings. The van der Waals surface area contributed by atoms with Gasteiger partial charge in [0, 0.05) is 67.8 Å². The number of halogens is 2. The number of fused-ring (bicyclic) bond motifs is 10. The van der Waals surface area contributed by atoms with Crippen LogP contribution in [-0.2, 0) is 25.6 Å². The molecule has 0 bridgehead atoms. The van der Waals surface area contributed by atoms with Gasteiger partial charge in [-0.05, 0) is 73.4 Å². The Kier molecular flexibility index (Phi) is 13.8. The molecule has 10 atom stereocenters. The molecule has 280 valence electrons. The molecule has 3 nitrogen and oxygen atoms in total. The van der Waals surface area contributed by atoms with E-state index in [0.29, 0.717) is 47.6 Å². The second-order valence-corrected chi connectivity index (χ2v) is 25.6. The number of rotatable bonds is 9. The van der Waals surface area contributed by atoms with E-state index in [-0.39, 0.29) is 20.5 Å². The number of benzene rings is 2. The molecule has 4 aliphatic carbocycles. The van der Waals surface area contributed by atoms with Crippen LogP contribution in [0.2, 0.25) is 23.7 Å². The molecule has 52 heavy (non-hydrogen) atoms. The molecule has 2 saturated carbocycles. The Labute approximate surface area is 336 Å². The van der Waals surface area contributed by atoms with Crippen molar-refractivity contribution in [3.05, 3.63) is 123 Å². The zero-order chi connectivity index (χ0) is 35.2. The van der Waals surface area contributed by atoms with Gasteiger partial charge in [-0.1, -0.05) is 117 Å². The van der Waals surface area contributed by atoms with Gasteiger partial charge in [0.05, 0.1) is 13.7 Å². The van der Waals surface area contributed by atoms with Gasteiger partial charge in [-0.25, -0.2) is 0 Å².